The van der Waals surface area contributed by atoms with Crippen LogP contribution in [0.1, 0.15) is 20.3 Å². The Morgan fingerprint density at radius 2 is 2.33 bits per heavy atom. The summed E-state index contributed by atoms with van der Waals surface area (Å²) in [6.45, 7) is 3.02. The molecule has 15 heavy (non-hydrogen) atoms. The van der Waals surface area contributed by atoms with Crippen molar-refractivity contribution in [3.05, 3.63) is 0 Å². The van der Waals surface area contributed by atoms with E-state index in [0.717, 1.165) is 0 Å². The van der Waals surface area contributed by atoms with Crippen molar-refractivity contribution in [2.45, 2.75) is 38.8 Å². The Morgan fingerprint density at radius 1 is 1.67 bits per heavy atom. The predicted octanol–water partition coefficient (Wildman–Crippen LogP) is 0.530. The van der Waals surface area contributed by atoms with E-state index in [1.807, 2.05) is 0 Å². The quantitative estimate of drug-likeness (QED) is 0.414. The van der Waals surface area contributed by atoms with Gasteiger partial charge in [-0.1, -0.05) is 5.16 Å². The van der Waals surface area contributed by atoms with Crippen molar-refractivity contribution in [1.29, 1.82) is 0 Å². The number of oxime groups is 1. The number of rotatable bonds is 2. The van der Waals surface area contributed by atoms with Crippen LogP contribution in [0.3, 0.4) is 0 Å². The van der Waals surface area contributed by atoms with Crippen LogP contribution >= 0.6 is 0 Å². The number of carbonyl (C=O) groups is 1. The molecule has 1 N–H and O–H groups in total. The second-order valence-electron chi connectivity index (χ2n) is 3.33. The van der Waals surface area contributed by atoms with E-state index in [1.54, 1.807) is 6.92 Å². The summed E-state index contributed by atoms with van der Waals surface area (Å²) < 4.78 is 15.4. The number of ether oxygens (including phenoxy) is 3. The average molecular weight is 217 g/mol. The zero-order chi connectivity index (χ0) is 11.4. The lowest BCUT2D eigenvalue weighted by molar-refractivity contribution is -0.188. The van der Waals surface area contributed by atoms with Crippen LogP contribution in [0.15, 0.2) is 5.16 Å². The van der Waals surface area contributed by atoms with Gasteiger partial charge in [-0.15, -0.1) is 0 Å². The van der Waals surface area contributed by atoms with E-state index in [9.17, 15) is 4.79 Å². The maximum Gasteiger partial charge on any atom is 0.303 e. The van der Waals surface area contributed by atoms with Gasteiger partial charge < -0.3 is 19.4 Å². The SMILES string of the molecule is COC1CC(=NO)[C@@H](OC(C)=O)[C@H](C)O1. The van der Waals surface area contributed by atoms with Crippen LogP contribution in [0.2, 0.25) is 0 Å². The molecule has 0 bridgehead atoms. The highest BCUT2D eigenvalue weighted by Gasteiger charge is 2.36. The van der Waals surface area contributed by atoms with Crippen molar-refractivity contribution in [3.8, 4) is 0 Å². The molecule has 0 amide bonds. The van der Waals surface area contributed by atoms with Gasteiger partial charge in [-0.25, -0.2) is 0 Å². The fraction of sp³-hybridized carbons (Fsp3) is 0.778. The number of esters is 1. The van der Waals surface area contributed by atoms with Crippen molar-refractivity contribution in [2.75, 3.05) is 7.11 Å². The summed E-state index contributed by atoms with van der Waals surface area (Å²) in [4.78, 5) is 10.8. The Labute approximate surface area is 87.8 Å². The first-order valence-corrected chi connectivity index (χ1v) is 4.64. The highest BCUT2D eigenvalue weighted by molar-refractivity contribution is 5.91. The normalized spacial score (nSPS) is 34.1. The maximum absolute atomic E-state index is 10.8. The first-order chi connectivity index (χ1) is 7.08. The minimum Gasteiger partial charge on any atom is -0.453 e. The molecule has 1 aliphatic heterocycles. The summed E-state index contributed by atoms with van der Waals surface area (Å²) in [6, 6.07) is 0. The van der Waals surface area contributed by atoms with E-state index >= 15 is 0 Å². The molecule has 1 fully saturated rings. The lowest BCUT2D eigenvalue weighted by atomic mass is 10.0. The van der Waals surface area contributed by atoms with Crippen LogP contribution in [-0.2, 0) is 19.0 Å². The van der Waals surface area contributed by atoms with Gasteiger partial charge in [0.05, 0.1) is 0 Å². The molecule has 3 atom stereocenters. The van der Waals surface area contributed by atoms with Gasteiger partial charge in [0.15, 0.2) is 12.4 Å². The van der Waals surface area contributed by atoms with Crippen molar-refractivity contribution in [3.63, 3.8) is 0 Å². The van der Waals surface area contributed by atoms with E-state index in [0.29, 0.717) is 5.71 Å². The van der Waals surface area contributed by atoms with Crippen LogP contribution < -0.4 is 0 Å². The van der Waals surface area contributed by atoms with Crippen LogP contribution in [0.4, 0.5) is 0 Å². The standard InChI is InChI=1S/C9H15NO5/c1-5-9(15-6(2)11)7(10-12)4-8(13-3)14-5/h5,8-9,12H,4H2,1-3H3/t5-,8?,9-/m0/s1. The van der Waals surface area contributed by atoms with Crippen molar-refractivity contribution >= 4 is 11.7 Å². The Morgan fingerprint density at radius 3 is 2.80 bits per heavy atom. The van der Waals surface area contributed by atoms with Crippen LogP contribution in [0.25, 0.3) is 0 Å². The van der Waals surface area contributed by atoms with Crippen molar-refractivity contribution in [1.82, 2.24) is 0 Å². The molecule has 0 spiro atoms. The zero-order valence-corrected chi connectivity index (χ0v) is 8.97. The third kappa shape index (κ3) is 2.90. The second-order valence-corrected chi connectivity index (χ2v) is 3.33. The average Bonchev–Trinajstić information content (AvgIpc) is 2.20. The molecule has 0 saturated carbocycles. The second kappa shape index (κ2) is 5.09. The Hall–Kier alpha value is -1.14. The lowest BCUT2D eigenvalue weighted by Crippen LogP contribution is -2.47. The summed E-state index contributed by atoms with van der Waals surface area (Å²) in [5.41, 5.74) is 0.357. The molecule has 0 aliphatic carbocycles. The molecule has 6 nitrogen and oxygen atoms in total. The molecule has 1 unspecified atom stereocenters. The van der Waals surface area contributed by atoms with Crippen molar-refractivity contribution < 1.29 is 24.2 Å². The van der Waals surface area contributed by atoms with Crippen LogP contribution in [0.5, 0.6) is 0 Å². The van der Waals surface area contributed by atoms with Crippen LogP contribution in [0, 0.1) is 0 Å². The van der Waals surface area contributed by atoms with E-state index in [1.165, 1.54) is 14.0 Å². The summed E-state index contributed by atoms with van der Waals surface area (Å²) in [5, 5.41) is 11.9. The molecule has 1 aliphatic rings. The highest BCUT2D eigenvalue weighted by Crippen LogP contribution is 2.20. The van der Waals surface area contributed by atoms with E-state index in [-0.39, 0.29) is 6.42 Å². The lowest BCUT2D eigenvalue weighted by Gasteiger charge is -2.33. The largest absolute Gasteiger partial charge is 0.453 e. The van der Waals surface area contributed by atoms with Gasteiger partial charge >= 0.3 is 5.97 Å². The van der Waals surface area contributed by atoms with E-state index in [2.05, 4.69) is 5.16 Å². The molecule has 86 valence electrons. The Kier molecular flexibility index (Phi) is 4.05. The molecule has 0 aromatic rings. The molecule has 1 rings (SSSR count). The van der Waals surface area contributed by atoms with Gasteiger partial charge in [-0.2, -0.15) is 0 Å². The summed E-state index contributed by atoms with van der Waals surface area (Å²) in [7, 11) is 1.50. The number of hydrogen-bond acceptors (Lipinski definition) is 6. The molecular weight excluding hydrogens is 202 g/mol. The number of nitrogens with zero attached hydrogens (tertiary/aromatic N) is 1. The minimum absolute atomic E-state index is 0.287. The smallest absolute Gasteiger partial charge is 0.303 e. The number of hydrogen-bond donors (Lipinski definition) is 1. The monoisotopic (exact) mass is 217 g/mol. The summed E-state index contributed by atoms with van der Waals surface area (Å²) in [5.74, 6) is -0.438. The highest BCUT2D eigenvalue weighted by atomic mass is 16.7. The zero-order valence-electron chi connectivity index (χ0n) is 8.97. The summed E-state index contributed by atoms with van der Waals surface area (Å²) in [6.07, 6.45) is -1.20. The maximum atomic E-state index is 10.8. The van der Waals surface area contributed by atoms with Gasteiger partial charge in [-0.05, 0) is 6.92 Å². The number of carbonyl (C=O) groups excluding carboxylic acids is 1. The minimum atomic E-state index is -0.640. The van der Waals surface area contributed by atoms with Crippen LogP contribution in [-0.4, -0.2) is 42.5 Å². The predicted molar refractivity (Wildman–Crippen MR) is 50.7 cm³/mol. The molecule has 6 heteroatoms. The molecule has 1 saturated heterocycles. The third-order valence-corrected chi connectivity index (χ3v) is 2.18. The first-order valence-electron chi connectivity index (χ1n) is 4.64. The van der Waals surface area contributed by atoms with Gasteiger partial charge in [0.2, 0.25) is 0 Å². The first kappa shape index (κ1) is 11.9. The Bertz CT molecular complexity index is 265. The molecular formula is C9H15NO5. The fourth-order valence-corrected chi connectivity index (χ4v) is 1.50. The van der Waals surface area contributed by atoms with Gasteiger partial charge in [0.1, 0.15) is 11.8 Å². The molecule has 1 heterocycles. The summed E-state index contributed by atoms with van der Waals surface area (Å²) >= 11 is 0. The topological polar surface area (TPSA) is 77.4 Å². The third-order valence-electron chi connectivity index (χ3n) is 2.18. The fourth-order valence-electron chi connectivity index (χ4n) is 1.50. The van der Waals surface area contributed by atoms with E-state index in [4.69, 9.17) is 19.4 Å². The van der Waals surface area contributed by atoms with Gasteiger partial charge in [-0.3, -0.25) is 4.79 Å². The number of methoxy groups -OCH3 is 1. The molecule has 0 aromatic carbocycles. The molecule has 0 radical (unpaired) electrons. The molecule has 0 aromatic heterocycles. The van der Waals surface area contributed by atoms with E-state index < -0.39 is 24.5 Å². The van der Waals surface area contributed by atoms with Gasteiger partial charge in [0, 0.05) is 20.5 Å². The van der Waals surface area contributed by atoms with Gasteiger partial charge in [0.25, 0.3) is 0 Å². The Balaban J connectivity index is 2.73. The van der Waals surface area contributed by atoms with Crippen molar-refractivity contribution in [2.24, 2.45) is 5.16 Å².